The Kier molecular flexibility index (Phi) is 2.73. The molecule has 0 amide bonds. The second-order valence-electron chi connectivity index (χ2n) is 4.23. The van der Waals surface area contributed by atoms with Gasteiger partial charge >= 0.3 is 5.97 Å². The van der Waals surface area contributed by atoms with Gasteiger partial charge in [-0.25, -0.2) is 4.39 Å². The number of hydrogen-bond acceptors (Lipinski definition) is 2. The average molecular weight is 263 g/mol. The van der Waals surface area contributed by atoms with Gasteiger partial charge in [0.15, 0.2) is 11.6 Å². The van der Waals surface area contributed by atoms with Crippen molar-refractivity contribution in [3.63, 3.8) is 0 Å². The highest BCUT2D eigenvalue weighted by atomic mass is 35.5. The van der Waals surface area contributed by atoms with Crippen molar-refractivity contribution in [1.82, 2.24) is 0 Å². The van der Waals surface area contributed by atoms with Crippen LogP contribution in [0, 0.1) is 11.6 Å². The minimum absolute atomic E-state index is 0.0693. The van der Waals surface area contributed by atoms with Crippen LogP contribution in [-0.4, -0.2) is 16.2 Å². The van der Waals surface area contributed by atoms with Gasteiger partial charge in [-0.2, -0.15) is 4.39 Å². The Balaban J connectivity index is 2.50. The minimum atomic E-state index is -1.43. The van der Waals surface area contributed by atoms with Crippen LogP contribution in [-0.2, 0) is 10.2 Å². The molecule has 3 nitrogen and oxygen atoms in total. The van der Waals surface area contributed by atoms with Gasteiger partial charge in [0.1, 0.15) is 0 Å². The summed E-state index contributed by atoms with van der Waals surface area (Å²) in [7, 11) is 0. The maximum Gasteiger partial charge on any atom is 0.304 e. The predicted molar refractivity (Wildman–Crippen MR) is 56.2 cm³/mol. The van der Waals surface area contributed by atoms with Crippen LogP contribution >= 0.6 is 11.6 Å². The van der Waals surface area contributed by atoms with E-state index >= 15 is 0 Å². The van der Waals surface area contributed by atoms with Gasteiger partial charge < -0.3 is 10.2 Å². The van der Waals surface area contributed by atoms with E-state index in [9.17, 15) is 13.6 Å². The maximum atomic E-state index is 13.6. The summed E-state index contributed by atoms with van der Waals surface area (Å²) in [6.07, 6.45) is 0.665. The zero-order valence-electron chi connectivity index (χ0n) is 8.64. The Morgan fingerprint density at radius 1 is 1.41 bits per heavy atom. The van der Waals surface area contributed by atoms with E-state index in [1.165, 1.54) is 0 Å². The fourth-order valence-electron chi connectivity index (χ4n) is 1.95. The number of benzene rings is 1. The van der Waals surface area contributed by atoms with Crippen molar-refractivity contribution in [3.8, 4) is 5.75 Å². The summed E-state index contributed by atoms with van der Waals surface area (Å²) in [4.78, 5) is 10.7. The third kappa shape index (κ3) is 1.95. The van der Waals surface area contributed by atoms with Gasteiger partial charge in [-0.15, -0.1) is 0 Å². The molecule has 0 saturated heterocycles. The topological polar surface area (TPSA) is 57.5 Å². The number of aromatic hydroxyl groups is 1. The van der Waals surface area contributed by atoms with Crippen LogP contribution in [0.3, 0.4) is 0 Å². The number of phenolic OH excluding ortho intramolecular Hbond substituents is 1. The molecule has 6 heteroatoms. The van der Waals surface area contributed by atoms with Gasteiger partial charge in [0.05, 0.1) is 11.4 Å². The standard InChI is InChI=1S/C11H9ClF2O3/c12-6-3-5(8(13)9(14)10(6)17)11(1-2-11)4-7(15)16/h3,17H,1-2,4H2,(H,15,16). The average Bonchev–Trinajstić information content (AvgIpc) is 3.00. The van der Waals surface area contributed by atoms with E-state index in [1.807, 2.05) is 0 Å². The summed E-state index contributed by atoms with van der Waals surface area (Å²) >= 11 is 5.56. The Bertz CT molecular complexity index is 498. The molecule has 0 radical (unpaired) electrons. The number of carboxylic acids is 1. The van der Waals surface area contributed by atoms with Gasteiger partial charge in [-0.3, -0.25) is 4.79 Å². The zero-order valence-corrected chi connectivity index (χ0v) is 9.39. The molecule has 0 unspecified atom stereocenters. The maximum absolute atomic E-state index is 13.6. The first-order valence-electron chi connectivity index (χ1n) is 4.96. The lowest BCUT2D eigenvalue weighted by Gasteiger charge is -2.15. The number of rotatable bonds is 3. The highest BCUT2D eigenvalue weighted by molar-refractivity contribution is 6.32. The molecule has 0 bridgehead atoms. The highest BCUT2D eigenvalue weighted by Gasteiger charge is 2.48. The fraction of sp³-hybridized carbons (Fsp3) is 0.364. The van der Waals surface area contributed by atoms with Crippen molar-refractivity contribution in [1.29, 1.82) is 0 Å². The molecule has 1 fully saturated rings. The van der Waals surface area contributed by atoms with Crippen molar-refractivity contribution < 1.29 is 23.8 Å². The predicted octanol–water partition coefficient (Wildman–Crippen LogP) is 2.83. The fourth-order valence-corrected chi connectivity index (χ4v) is 2.15. The number of aliphatic carboxylic acids is 1. The molecule has 0 atom stereocenters. The molecule has 1 saturated carbocycles. The Hall–Kier alpha value is -1.36. The van der Waals surface area contributed by atoms with Crippen molar-refractivity contribution in [2.24, 2.45) is 0 Å². The third-order valence-corrected chi connectivity index (χ3v) is 3.34. The molecule has 17 heavy (non-hydrogen) atoms. The van der Waals surface area contributed by atoms with E-state index in [0.29, 0.717) is 12.8 Å². The summed E-state index contributed by atoms with van der Waals surface area (Å²) in [6.45, 7) is 0. The van der Waals surface area contributed by atoms with Crippen molar-refractivity contribution in [2.75, 3.05) is 0 Å². The van der Waals surface area contributed by atoms with Crippen LogP contribution in [0.2, 0.25) is 5.02 Å². The van der Waals surface area contributed by atoms with Gasteiger partial charge in [0.25, 0.3) is 0 Å². The summed E-state index contributed by atoms with van der Waals surface area (Å²) in [5.74, 6) is -4.67. The Morgan fingerprint density at radius 3 is 2.47 bits per heavy atom. The lowest BCUT2D eigenvalue weighted by atomic mass is 9.91. The first kappa shape index (κ1) is 12.1. The van der Waals surface area contributed by atoms with Gasteiger partial charge in [0.2, 0.25) is 5.82 Å². The zero-order chi connectivity index (χ0) is 12.8. The largest absolute Gasteiger partial charge is 0.504 e. The second kappa shape index (κ2) is 3.84. The molecule has 2 rings (SSSR count). The van der Waals surface area contributed by atoms with Crippen molar-refractivity contribution in [3.05, 3.63) is 28.3 Å². The Labute approximate surface area is 101 Å². The quantitative estimate of drug-likeness (QED) is 0.824. The van der Waals surface area contributed by atoms with Crippen LogP contribution < -0.4 is 0 Å². The summed E-state index contributed by atoms with van der Waals surface area (Å²) in [6, 6.07) is 1.10. The first-order chi connectivity index (χ1) is 7.87. The normalized spacial score (nSPS) is 16.9. The minimum Gasteiger partial charge on any atom is -0.504 e. The van der Waals surface area contributed by atoms with Crippen molar-refractivity contribution in [2.45, 2.75) is 24.7 Å². The van der Waals surface area contributed by atoms with Crippen LogP contribution in [0.25, 0.3) is 0 Å². The molecule has 92 valence electrons. The summed E-state index contributed by atoms with van der Waals surface area (Å²) in [5.41, 5.74) is -0.950. The van der Waals surface area contributed by atoms with E-state index in [1.54, 1.807) is 0 Å². The number of hydrogen-bond donors (Lipinski definition) is 2. The molecule has 0 aliphatic heterocycles. The van der Waals surface area contributed by atoms with Crippen LogP contribution in [0.1, 0.15) is 24.8 Å². The Morgan fingerprint density at radius 2 is 2.00 bits per heavy atom. The van der Waals surface area contributed by atoms with Gasteiger partial charge in [0, 0.05) is 5.41 Å². The van der Waals surface area contributed by atoms with E-state index < -0.39 is 28.8 Å². The molecular weight excluding hydrogens is 254 g/mol. The molecular formula is C11H9ClF2O3. The summed E-state index contributed by atoms with van der Waals surface area (Å²) < 4.78 is 26.9. The van der Waals surface area contributed by atoms with Crippen LogP contribution in [0.15, 0.2) is 6.07 Å². The molecule has 0 heterocycles. The smallest absolute Gasteiger partial charge is 0.304 e. The van der Waals surface area contributed by atoms with E-state index in [-0.39, 0.29) is 17.0 Å². The van der Waals surface area contributed by atoms with Gasteiger partial charge in [-0.05, 0) is 24.5 Å². The molecule has 1 aliphatic rings. The van der Waals surface area contributed by atoms with E-state index in [0.717, 1.165) is 6.07 Å². The summed E-state index contributed by atoms with van der Waals surface area (Å²) in [5, 5.41) is 17.5. The number of carboxylic acid groups (broad SMARTS) is 1. The molecule has 0 aromatic heterocycles. The van der Waals surface area contributed by atoms with Crippen LogP contribution in [0.5, 0.6) is 5.75 Å². The van der Waals surface area contributed by atoms with Gasteiger partial charge in [-0.1, -0.05) is 11.6 Å². The molecule has 1 aromatic carbocycles. The van der Waals surface area contributed by atoms with E-state index in [2.05, 4.69) is 0 Å². The van der Waals surface area contributed by atoms with E-state index in [4.69, 9.17) is 21.8 Å². The molecule has 1 aromatic rings. The highest BCUT2D eigenvalue weighted by Crippen LogP contribution is 2.53. The molecule has 0 spiro atoms. The molecule has 2 N–H and O–H groups in total. The lowest BCUT2D eigenvalue weighted by Crippen LogP contribution is -2.15. The second-order valence-corrected chi connectivity index (χ2v) is 4.64. The third-order valence-electron chi connectivity index (χ3n) is 3.05. The SMILES string of the molecule is O=C(O)CC1(c2cc(Cl)c(O)c(F)c2F)CC1. The number of halogens is 3. The van der Waals surface area contributed by atoms with Crippen LogP contribution in [0.4, 0.5) is 8.78 Å². The van der Waals surface area contributed by atoms with Crippen molar-refractivity contribution >= 4 is 17.6 Å². The molecule has 1 aliphatic carbocycles. The monoisotopic (exact) mass is 262 g/mol. The number of carbonyl (C=O) groups is 1. The first-order valence-corrected chi connectivity index (χ1v) is 5.34. The lowest BCUT2D eigenvalue weighted by molar-refractivity contribution is -0.137. The number of phenols is 1.